The fourth-order valence-corrected chi connectivity index (χ4v) is 3.69. The molecule has 5 nitrogen and oxygen atoms in total. The maximum Gasteiger partial charge on any atom is 0.200 e. The highest BCUT2D eigenvalue weighted by atomic mass is 16.5. The van der Waals surface area contributed by atoms with Gasteiger partial charge < -0.3 is 19.4 Å². The molecule has 1 saturated heterocycles. The number of aryl methyl sites for hydroxylation is 1. The number of nitrogens with one attached hydrogen (secondary N) is 1. The second kappa shape index (κ2) is 9.25. The Kier molecular flexibility index (Phi) is 6.27. The first kappa shape index (κ1) is 19.7. The molecule has 4 rings (SSSR count). The smallest absolute Gasteiger partial charge is 0.200 e. The van der Waals surface area contributed by atoms with E-state index in [-0.39, 0.29) is 5.43 Å². The van der Waals surface area contributed by atoms with Crippen molar-refractivity contribution in [1.29, 1.82) is 0 Å². The van der Waals surface area contributed by atoms with E-state index in [0.717, 1.165) is 62.4 Å². The molecule has 0 aliphatic carbocycles. The van der Waals surface area contributed by atoms with Crippen molar-refractivity contribution in [3.05, 3.63) is 64.5 Å². The third kappa shape index (κ3) is 4.86. The predicted octanol–water partition coefficient (Wildman–Crippen LogP) is 3.83. The van der Waals surface area contributed by atoms with E-state index in [1.54, 1.807) is 12.3 Å². The second-order valence-corrected chi connectivity index (χ2v) is 7.65. The van der Waals surface area contributed by atoms with Gasteiger partial charge in [-0.3, -0.25) is 4.79 Å². The number of hydrogen-bond donors (Lipinski definition) is 1. The molecule has 1 aliphatic heterocycles. The standard InChI is InChI=1S/C24H28N2O3/c1-18-4-6-19(7-5-18)22-17-29-23-16-20(8-9-21(23)24(22)27)28-15-3-2-12-26-13-10-25-11-14-26/h4-9,16-17,25H,2-3,10-15H2,1H3. The molecule has 0 atom stereocenters. The highest BCUT2D eigenvalue weighted by Crippen LogP contribution is 2.23. The molecule has 1 aromatic heterocycles. The largest absolute Gasteiger partial charge is 0.493 e. The van der Waals surface area contributed by atoms with Crippen molar-refractivity contribution in [2.24, 2.45) is 0 Å². The van der Waals surface area contributed by atoms with Crippen molar-refractivity contribution in [3.8, 4) is 16.9 Å². The predicted molar refractivity (Wildman–Crippen MR) is 117 cm³/mol. The Morgan fingerprint density at radius 2 is 1.86 bits per heavy atom. The first-order chi connectivity index (χ1) is 14.2. The van der Waals surface area contributed by atoms with Gasteiger partial charge in [-0.2, -0.15) is 0 Å². The molecule has 0 radical (unpaired) electrons. The van der Waals surface area contributed by atoms with Gasteiger partial charge in [-0.25, -0.2) is 0 Å². The van der Waals surface area contributed by atoms with Gasteiger partial charge in [0.15, 0.2) is 5.43 Å². The summed E-state index contributed by atoms with van der Waals surface area (Å²) >= 11 is 0. The maximum atomic E-state index is 12.9. The molecule has 2 aromatic carbocycles. The number of fused-ring (bicyclic) bond motifs is 1. The molecule has 29 heavy (non-hydrogen) atoms. The van der Waals surface area contributed by atoms with Crippen LogP contribution in [0.2, 0.25) is 0 Å². The van der Waals surface area contributed by atoms with Crippen LogP contribution in [-0.4, -0.2) is 44.2 Å². The van der Waals surface area contributed by atoms with Gasteiger partial charge in [0.25, 0.3) is 0 Å². The summed E-state index contributed by atoms with van der Waals surface area (Å²) < 4.78 is 11.6. The summed E-state index contributed by atoms with van der Waals surface area (Å²) in [5.41, 5.74) is 3.16. The fraction of sp³-hybridized carbons (Fsp3) is 0.375. The number of nitrogens with zero attached hydrogens (tertiary/aromatic N) is 1. The van der Waals surface area contributed by atoms with Gasteiger partial charge in [-0.1, -0.05) is 29.8 Å². The normalized spacial score (nSPS) is 14.9. The summed E-state index contributed by atoms with van der Waals surface area (Å²) in [5.74, 6) is 0.742. The van der Waals surface area contributed by atoms with Crippen LogP contribution >= 0.6 is 0 Å². The minimum Gasteiger partial charge on any atom is -0.493 e. The van der Waals surface area contributed by atoms with Crippen LogP contribution in [0.5, 0.6) is 5.75 Å². The van der Waals surface area contributed by atoms with Crippen molar-refractivity contribution in [2.45, 2.75) is 19.8 Å². The molecular weight excluding hydrogens is 364 g/mol. The molecule has 5 heteroatoms. The zero-order chi connectivity index (χ0) is 20.1. The summed E-state index contributed by atoms with van der Waals surface area (Å²) in [6.45, 7) is 8.27. The second-order valence-electron chi connectivity index (χ2n) is 7.65. The number of hydrogen-bond acceptors (Lipinski definition) is 5. The average Bonchev–Trinajstić information content (AvgIpc) is 2.75. The minimum absolute atomic E-state index is 0.0160. The highest BCUT2D eigenvalue weighted by molar-refractivity contribution is 5.82. The summed E-state index contributed by atoms with van der Waals surface area (Å²) in [4.78, 5) is 15.4. The van der Waals surface area contributed by atoms with Crippen LogP contribution in [0.4, 0.5) is 0 Å². The van der Waals surface area contributed by atoms with Crippen molar-refractivity contribution >= 4 is 11.0 Å². The Morgan fingerprint density at radius 3 is 2.66 bits per heavy atom. The van der Waals surface area contributed by atoms with Gasteiger partial charge in [0.1, 0.15) is 17.6 Å². The Labute approximate surface area is 171 Å². The third-order valence-electron chi connectivity index (χ3n) is 5.46. The lowest BCUT2D eigenvalue weighted by molar-refractivity contribution is 0.226. The van der Waals surface area contributed by atoms with Crippen LogP contribution in [0.3, 0.4) is 0 Å². The molecule has 0 amide bonds. The lowest BCUT2D eigenvalue weighted by Gasteiger charge is -2.26. The first-order valence-corrected chi connectivity index (χ1v) is 10.4. The third-order valence-corrected chi connectivity index (χ3v) is 5.46. The monoisotopic (exact) mass is 392 g/mol. The van der Waals surface area contributed by atoms with E-state index < -0.39 is 0 Å². The van der Waals surface area contributed by atoms with E-state index in [2.05, 4.69) is 10.2 Å². The fourth-order valence-electron chi connectivity index (χ4n) is 3.69. The quantitative estimate of drug-likeness (QED) is 0.619. The van der Waals surface area contributed by atoms with E-state index in [1.165, 1.54) is 0 Å². The Balaban J connectivity index is 1.37. The SMILES string of the molecule is Cc1ccc(-c2coc3cc(OCCCCN4CCNCC4)ccc3c2=O)cc1. The van der Waals surface area contributed by atoms with Crippen molar-refractivity contribution < 1.29 is 9.15 Å². The van der Waals surface area contributed by atoms with Gasteiger partial charge in [-0.15, -0.1) is 0 Å². The summed E-state index contributed by atoms with van der Waals surface area (Å²) in [6, 6.07) is 13.4. The molecule has 1 fully saturated rings. The van der Waals surface area contributed by atoms with Crippen LogP contribution in [0.25, 0.3) is 22.1 Å². The van der Waals surface area contributed by atoms with Gasteiger partial charge in [0, 0.05) is 32.2 Å². The topological polar surface area (TPSA) is 54.7 Å². The van der Waals surface area contributed by atoms with Crippen molar-refractivity contribution in [1.82, 2.24) is 10.2 Å². The summed E-state index contributed by atoms with van der Waals surface area (Å²) in [7, 11) is 0. The van der Waals surface area contributed by atoms with E-state index >= 15 is 0 Å². The number of rotatable bonds is 7. The van der Waals surface area contributed by atoms with Crippen molar-refractivity contribution in [3.63, 3.8) is 0 Å². The van der Waals surface area contributed by atoms with Crippen LogP contribution in [0.1, 0.15) is 18.4 Å². The molecule has 1 N–H and O–H groups in total. The van der Waals surface area contributed by atoms with Crippen LogP contribution < -0.4 is 15.5 Å². The lowest BCUT2D eigenvalue weighted by atomic mass is 10.0. The Morgan fingerprint density at radius 1 is 1.07 bits per heavy atom. The zero-order valence-electron chi connectivity index (χ0n) is 16.9. The van der Waals surface area contributed by atoms with Gasteiger partial charge in [-0.05, 0) is 44.0 Å². The number of piperazine rings is 1. The molecule has 152 valence electrons. The molecule has 3 aromatic rings. The highest BCUT2D eigenvalue weighted by Gasteiger charge is 2.11. The van der Waals surface area contributed by atoms with Crippen LogP contribution in [-0.2, 0) is 0 Å². The molecule has 2 heterocycles. The number of unbranched alkanes of at least 4 members (excludes halogenated alkanes) is 1. The summed E-state index contributed by atoms with van der Waals surface area (Å²) in [5, 5.41) is 3.95. The average molecular weight is 392 g/mol. The van der Waals surface area contributed by atoms with E-state index in [0.29, 0.717) is 23.1 Å². The van der Waals surface area contributed by atoms with Crippen molar-refractivity contribution in [2.75, 3.05) is 39.3 Å². The minimum atomic E-state index is -0.0160. The molecule has 0 saturated carbocycles. The number of ether oxygens (including phenoxy) is 1. The van der Waals surface area contributed by atoms with Crippen LogP contribution in [0, 0.1) is 6.92 Å². The van der Waals surface area contributed by atoms with E-state index in [1.807, 2.05) is 43.3 Å². The van der Waals surface area contributed by atoms with Crippen LogP contribution in [0.15, 0.2) is 57.9 Å². The molecule has 0 unspecified atom stereocenters. The molecule has 1 aliphatic rings. The van der Waals surface area contributed by atoms with E-state index in [9.17, 15) is 4.79 Å². The molecular formula is C24H28N2O3. The zero-order valence-corrected chi connectivity index (χ0v) is 16.9. The first-order valence-electron chi connectivity index (χ1n) is 10.4. The number of benzene rings is 2. The van der Waals surface area contributed by atoms with E-state index in [4.69, 9.17) is 9.15 Å². The molecule has 0 spiro atoms. The molecule has 0 bridgehead atoms. The summed E-state index contributed by atoms with van der Waals surface area (Å²) in [6.07, 6.45) is 3.69. The Hall–Kier alpha value is -2.63. The van der Waals surface area contributed by atoms with Gasteiger partial charge in [0.05, 0.1) is 17.6 Å². The van der Waals surface area contributed by atoms with Gasteiger partial charge >= 0.3 is 0 Å². The maximum absolute atomic E-state index is 12.9. The van der Waals surface area contributed by atoms with Gasteiger partial charge in [0.2, 0.25) is 0 Å². The Bertz CT molecular complexity index is 1000. The lowest BCUT2D eigenvalue weighted by Crippen LogP contribution is -2.43.